The molecule has 4 rings (SSSR count). The maximum atomic E-state index is 2.72. The highest BCUT2D eigenvalue weighted by Gasteiger charge is 2.39. The van der Waals surface area contributed by atoms with E-state index in [1.165, 1.54) is 54.7 Å². The van der Waals surface area contributed by atoms with E-state index in [0.717, 1.165) is 0 Å². The lowest BCUT2D eigenvalue weighted by atomic mass is 10.0. The summed E-state index contributed by atoms with van der Waals surface area (Å²) < 4.78 is 0. The quantitative estimate of drug-likeness (QED) is 0.839. The van der Waals surface area contributed by atoms with Crippen LogP contribution in [0.1, 0.15) is 35.6 Å². The Labute approximate surface area is 139 Å². The molecule has 0 radical (unpaired) electrons. The van der Waals surface area contributed by atoms with Crippen LogP contribution in [-0.2, 0) is 6.42 Å². The zero-order valence-corrected chi connectivity index (χ0v) is 14.2. The van der Waals surface area contributed by atoms with Crippen molar-refractivity contribution >= 4 is 5.69 Å². The van der Waals surface area contributed by atoms with Crippen LogP contribution in [0.25, 0.3) is 0 Å². The highest BCUT2D eigenvalue weighted by atomic mass is 15.3. The summed E-state index contributed by atoms with van der Waals surface area (Å²) in [6.45, 7) is 4.74. The molecule has 0 N–H and O–H groups in total. The Balaban J connectivity index is 1.74. The van der Waals surface area contributed by atoms with Crippen molar-refractivity contribution in [3.8, 4) is 0 Å². The average Bonchev–Trinajstić information content (AvgIpc) is 3.22. The zero-order valence-electron chi connectivity index (χ0n) is 14.2. The SMILES string of the molecule is Cc1ccccc1N(C)C1c2ccccc2CC1N1CCCC1. The Hall–Kier alpha value is -1.80. The van der Waals surface area contributed by atoms with E-state index in [2.05, 4.69) is 72.3 Å². The topological polar surface area (TPSA) is 6.48 Å². The van der Waals surface area contributed by atoms with Gasteiger partial charge in [0.1, 0.15) is 0 Å². The van der Waals surface area contributed by atoms with Gasteiger partial charge >= 0.3 is 0 Å². The molecule has 2 aromatic carbocycles. The molecular weight excluding hydrogens is 280 g/mol. The molecule has 1 aliphatic heterocycles. The third-order valence-electron chi connectivity index (χ3n) is 5.69. The summed E-state index contributed by atoms with van der Waals surface area (Å²) in [7, 11) is 2.28. The van der Waals surface area contributed by atoms with Crippen molar-refractivity contribution in [1.82, 2.24) is 4.90 Å². The van der Waals surface area contributed by atoms with Gasteiger partial charge < -0.3 is 4.90 Å². The number of rotatable bonds is 3. The van der Waals surface area contributed by atoms with E-state index in [1.54, 1.807) is 0 Å². The van der Waals surface area contributed by atoms with Crippen molar-refractivity contribution < 1.29 is 0 Å². The monoisotopic (exact) mass is 306 g/mol. The fourth-order valence-electron chi connectivity index (χ4n) is 4.53. The molecule has 0 amide bonds. The molecule has 2 aliphatic rings. The third kappa shape index (κ3) is 2.55. The summed E-state index contributed by atoms with van der Waals surface area (Å²) >= 11 is 0. The van der Waals surface area contributed by atoms with E-state index in [1.807, 2.05) is 0 Å². The molecule has 23 heavy (non-hydrogen) atoms. The minimum absolute atomic E-state index is 0.463. The van der Waals surface area contributed by atoms with E-state index in [0.29, 0.717) is 12.1 Å². The minimum Gasteiger partial charge on any atom is -0.366 e. The van der Waals surface area contributed by atoms with Crippen LogP contribution in [-0.4, -0.2) is 31.1 Å². The lowest BCUT2D eigenvalue weighted by Gasteiger charge is -2.37. The molecule has 0 spiro atoms. The first-order chi connectivity index (χ1) is 11.3. The van der Waals surface area contributed by atoms with Crippen molar-refractivity contribution in [2.75, 3.05) is 25.0 Å². The average molecular weight is 306 g/mol. The normalized spacial score (nSPS) is 23.9. The summed E-state index contributed by atoms with van der Waals surface area (Å²) in [6.07, 6.45) is 3.90. The highest BCUT2D eigenvalue weighted by Crippen LogP contribution is 2.41. The Morgan fingerprint density at radius 1 is 0.957 bits per heavy atom. The summed E-state index contributed by atoms with van der Waals surface area (Å²) in [6, 6.07) is 18.9. The second kappa shape index (κ2) is 6.01. The van der Waals surface area contributed by atoms with Gasteiger partial charge in [0.15, 0.2) is 0 Å². The molecule has 1 saturated heterocycles. The molecule has 1 fully saturated rings. The maximum Gasteiger partial charge on any atom is 0.0700 e. The number of fused-ring (bicyclic) bond motifs is 1. The number of para-hydroxylation sites is 1. The van der Waals surface area contributed by atoms with Crippen molar-refractivity contribution in [2.45, 2.75) is 38.3 Å². The van der Waals surface area contributed by atoms with Crippen molar-refractivity contribution in [3.05, 3.63) is 65.2 Å². The van der Waals surface area contributed by atoms with E-state index in [4.69, 9.17) is 0 Å². The molecule has 2 nitrogen and oxygen atoms in total. The van der Waals surface area contributed by atoms with Crippen LogP contribution in [0.2, 0.25) is 0 Å². The van der Waals surface area contributed by atoms with Crippen molar-refractivity contribution in [3.63, 3.8) is 0 Å². The second-order valence-corrected chi connectivity index (χ2v) is 7.06. The van der Waals surface area contributed by atoms with Gasteiger partial charge in [-0.05, 0) is 62.0 Å². The largest absolute Gasteiger partial charge is 0.366 e. The number of benzene rings is 2. The fraction of sp³-hybridized carbons (Fsp3) is 0.429. The minimum atomic E-state index is 0.463. The van der Waals surface area contributed by atoms with Crippen LogP contribution in [0.4, 0.5) is 5.69 Å². The first-order valence-electron chi connectivity index (χ1n) is 8.86. The number of hydrogen-bond acceptors (Lipinski definition) is 2. The first-order valence-corrected chi connectivity index (χ1v) is 8.86. The Kier molecular flexibility index (Phi) is 3.86. The predicted octanol–water partition coefficient (Wildman–Crippen LogP) is 4.19. The van der Waals surface area contributed by atoms with Gasteiger partial charge in [0.25, 0.3) is 0 Å². The maximum absolute atomic E-state index is 2.72. The third-order valence-corrected chi connectivity index (χ3v) is 5.69. The number of nitrogens with zero attached hydrogens (tertiary/aromatic N) is 2. The van der Waals surface area contributed by atoms with Gasteiger partial charge in [-0.1, -0.05) is 42.5 Å². The molecule has 2 heteroatoms. The van der Waals surface area contributed by atoms with E-state index >= 15 is 0 Å². The molecule has 0 bridgehead atoms. The molecule has 0 saturated carbocycles. The lowest BCUT2D eigenvalue weighted by molar-refractivity contribution is 0.220. The highest BCUT2D eigenvalue weighted by molar-refractivity contribution is 5.56. The summed E-state index contributed by atoms with van der Waals surface area (Å²) in [5, 5.41) is 0. The molecule has 2 atom stereocenters. The zero-order chi connectivity index (χ0) is 15.8. The molecule has 2 aromatic rings. The number of aryl methyl sites for hydroxylation is 1. The number of likely N-dealkylation sites (tertiary alicyclic amines) is 1. The van der Waals surface area contributed by atoms with Crippen LogP contribution in [0.3, 0.4) is 0 Å². The Morgan fingerprint density at radius 2 is 1.65 bits per heavy atom. The first kappa shape index (κ1) is 14.8. The number of anilines is 1. The molecule has 1 aliphatic carbocycles. The van der Waals surface area contributed by atoms with Gasteiger partial charge in [0.05, 0.1) is 6.04 Å². The van der Waals surface area contributed by atoms with Gasteiger partial charge in [0.2, 0.25) is 0 Å². The Bertz CT molecular complexity index is 688. The predicted molar refractivity (Wildman–Crippen MR) is 97.1 cm³/mol. The second-order valence-electron chi connectivity index (χ2n) is 7.06. The van der Waals surface area contributed by atoms with E-state index in [-0.39, 0.29) is 0 Å². The standard InChI is InChI=1S/C21H26N2/c1-16-9-3-6-12-19(16)22(2)21-18-11-5-4-10-17(18)15-20(21)23-13-7-8-14-23/h3-6,9-12,20-21H,7-8,13-15H2,1-2H3. The van der Waals surface area contributed by atoms with Crippen LogP contribution in [0, 0.1) is 6.92 Å². The number of likely N-dealkylation sites (N-methyl/N-ethyl adjacent to an activating group) is 1. The van der Waals surface area contributed by atoms with Gasteiger partial charge in [-0.2, -0.15) is 0 Å². The summed E-state index contributed by atoms with van der Waals surface area (Å²) in [5.74, 6) is 0. The molecular formula is C21H26N2. The van der Waals surface area contributed by atoms with E-state index < -0.39 is 0 Å². The van der Waals surface area contributed by atoms with E-state index in [9.17, 15) is 0 Å². The van der Waals surface area contributed by atoms with Crippen molar-refractivity contribution in [2.24, 2.45) is 0 Å². The van der Waals surface area contributed by atoms with Crippen LogP contribution in [0.15, 0.2) is 48.5 Å². The Morgan fingerprint density at radius 3 is 2.43 bits per heavy atom. The van der Waals surface area contributed by atoms with Gasteiger partial charge in [0, 0.05) is 18.8 Å². The van der Waals surface area contributed by atoms with Gasteiger partial charge in [-0.15, -0.1) is 0 Å². The van der Waals surface area contributed by atoms with Gasteiger partial charge in [-0.3, -0.25) is 4.90 Å². The van der Waals surface area contributed by atoms with Crippen LogP contribution in [0.5, 0.6) is 0 Å². The molecule has 0 aromatic heterocycles. The fourth-order valence-corrected chi connectivity index (χ4v) is 4.53. The number of hydrogen-bond donors (Lipinski definition) is 0. The smallest absolute Gasteiger partial charge is 0.0700 e. The lowest BCUT2D eigenvalue weighted by Crippen LogP contribution is -2.42. The van der Waals surface area contributed by atoms with Crippen LogP contribution < -0.4 is 4.90 Å². The molecule has 120 valence electrons. The summed E-state index contributed by atoms with van der Waals surface area (Å²) in [4.78, 5) is 5.24. The molecule has 1 heterocycles. The molecule has 2 unspecified atom stereocenters. The van der Waals surface area contributed by atoms with Crippen molar-refractivity contribution in [1.29, 1.82) is 0 Å². The van der Waals surface area contributed by atoms with Crippen LogP contribution >= 0.6 is 0 Å². The van der Waals surface area contributed by atoms with Gasteiger partial charge in [-0.25, -0.2) is 0 Å². The summed E-state index contributed by atoms with van der Waals surface area (Å²) in [5.41, 5.74) is 5.78.